The van der Waals surface area contributed by atoms with E-state index in [0.29, 0.717) is 105 Å². The zero-order chi connectivity index (χ0) is 93.8. The van der Waals surface area contributed by atoms with Crippen molar-refractivity contribution in [2.75, 3.05) is 99.5 Å². The molecule has 0 bridgehead atoms. The van der Waals surface area contributed by atoms with Crippen molar-refractivity contribution in [3.05, 3.63) is 297 Å². The second kappa shape index (κ2) is 43.4. The third kappa shape index (κ3) is 22.0. The minimum atomic E-state index is -0.305. The van der Waals surface area contributed by atoms with E-state index in [1.54, 1.807) is 209 Å². The number of rotatable bonds is 20. The molecular formula is C104H100O28. The van der Waals surface area contributed by atoms with E-state index < -0.39 is 0 Å². The first-order valence-corrected chi connectivity index (χ1v) is 41.8. The van der Waals surface area contributed by atoms with E-state index in [1.165, 1.54) is 0 Å². The number of esters is 6. The molecule has 0 saturated carbocycles. The van der Waals surface area contributed by atoms with Crippen LogP contribution >= 0.6 is 0 Å². The normalized spacial score (nSPS) is 16.6. The molecule has 684 valence electrons. The molecule has 28 nitrogen and oxygen atoms in total. The minimum absolute atomic E-state index is 0.00179. The Balaban J connectivity index is 0.000000135. The lowest BCUT2D eigenvalue weighted by atomic mass is 9.85. The number of benzene rings is 12. The van der Waals surface area contributed by atoms with E-state index in [0.717, 1.165) is 89.8 Å². The highest BCUT2D eigenvalue weighted by molar-refractivity contribution is 5.83. The van der Waals surface area contributed by atoms with Crippen molar-refractivity contribution in [3.8, 4) is 126 Å². The fraction of sp³-hybridized carbons (Fsp3) is 0.250. The number of aromatic hydroxyl groups is 2. The van der Waals surface area contributed by atoms with Crippen LogP contribution in [0.15, 0.2) is 231 Å². The average molecular weight is 1800 g/mol. The summed E-state index contributed by atoms with van der Waals surface area (Å²) in [7, 11) is 22.2. The minimum Gasteiger partial charge on any atom is -0.508 e. The Morgan fingerprint density at radius 2 is 0.371 bits per heavy atom. The number of carbonyl (C=O) groups is 6. The van der Waals surface area contributed by atoms with Gasteiger partial charge in [-0.1, -0.05) is 84.9 Å². The van der Waals surface area contributed by atoms with Crippen LogP contribution in [0.3, 0.4) is 0 Å². The van der Waals surface area contributed by atoms with Crippen molar-refractivity contribution in [2.24, 2.45) is 0 Å². The molecule has 2 N–H and O–H groups in total. The molecule has 6 atom stereocenters. The van der Waals surface area contributed by atoms with Crippen LogP contribution in [0, 0.1) is 0 Å². The van der Waals surface area contributed by atoms with E-state index in [2.05, 4.69) is 0 Å². The molecule has 28 heteroatoms. The summed E-state index contributed by atoms with van der Waals surface area (Å²) < 4.78 is 106. The molecule has 0 spiro atoms. The Morgan fingerprint density at radius 1 is 0.197 bits per heavy atom. The lowest BCUT2D eigenvalue weighted by molar-refractivity contribution is -0.136. The molecule has 0 fully saturated rings. The molecule has 6 heterocycles. The predicted molar refractivity (Wildman–Crippen MR) is 485 cm³/mol. The summed E-state index contributed by atoms with van der Waals surface area (Å²) in [5.74, 6) is 10.5. The van der Waals surface area contributed by atoms with Crippen LogP contribution in [0.1, 0.15) is 141 Å². The number of phenols is 2. The van der Waals surface area contributed by atoms with Crippen LogP contribution < -0.4 is 94.7 Å². The van der Waals surface area contributed by atoms with E-state index in [-0.39, 0.29) is 109 Å². The molecule has 132 heavy (non-hydrogen) atoms. The van der Waals surface area contributed by atoms with Gasteiger partial charge in [0.1, 0.15) is 126 Å². The summed E-state index contributed by atoms with van der Waals surface area (Å²) in [6, 6.07) is 69.6. The zero-order valence-electron chi connectivity index (χ0n) is 75.2. The maximum atomic E-state index is 12.0. The highest BCUT2D eigenvalue weighted by Gasteiger charge is 2.38. The maximum absolute atomic E-state index is 12.0. The molecule has 6 aliphatic rings. The molecule has 0 aromatic heterocycles. The highest BCUT2D eigenvalue weighted by atomic mass is 16.6. The Labute approximate surface area is 763 Å². The van der Waals surface area contributed by atoms with Crippen molar-refractivity contribution >= 4 is 35.8 Å². The number of ether oxygens (including phenoxy) is 20. The first-order valence-electron chi connectivity index (χ1n) is 41.8. The Morgan fingerprint density at radius 3 is 0.576 bits per heavy atom. The average Bonchev–Trinajstić information content (AvgIpc) is 0.798. The number of phenolic OH excluding ortho intramolecular Hbond substituents is 2. The van der Waals surface area contributed by atoms with Gasteiger partial charge in [0.05, 0.1) is 138 Å². The van der Waals surface area contributed by atoms with Gasteiger partial charge in [-0.05, 0) is 118 Å². The number of methoxy groups -OCH3 is 14. The van der Waals surface area contributed by atoms with Gasteiger partial charge in [-0.15, -0.1) is 0 Å². The Hall–Kier alpha value is -15.7. The first kappa shape index (κ1) is 93.9. The highest BCUT2D eigenvalue weighted by Crippen LogP contribution is 2.52. The molecule has 0 aliphatic carbocycles. The fourth-order valence-electron chi connectivity index (χ4n) is 16.3. The largest absolute Gasteiger partial charge is 0.508 e. The van der Waals surface area contributed by atoms with E-state index in [9.17, 15) is 39.0 Å². The summed E-state index contributed by atoms with van der Waals surface area (Å²) in [5, 5.41) is 18.9. The number of carbonyl (C=O) groups excluding carboxylic acids is 6. The van der Waals surface area contributed by atoms with Gasteiger partial charge in [0.2, 0.25) is 0 Å². The van der Waals surface area contributed by atoms with Crippen molar-refractivity contribution < 1.29 is 134 Å². The van der Waals surface area contributed by atoms with Gasteiger partial charge in [-0.25, -0.2) is 0 Å². The van der Waals surface area contributed by atoms with Crippen molar-refractivity contribution in [2.45, 2.75) is 74.0 Å². The molecular weight excluding hydrogens is 1700 g/mol. The molecule has 0 unspecified atom stereocenters. The summed E-state index contributed by atoms with van der Waals surface area (Å²) in [4.78, 5) is 71.5. The van der Waals surface area contributed by atoms with Crippen LogP contribution in [0.2, 0.25) is 0 Å². The summed E-state index contributed by atoms with van der Waals surface area (Å²) in [6.07, 6.45) is 1.66. The molecule has 12 aromatic carbocycles. The Kier molecular flexibility index (Phi) is 30.9. The standard InChI is InChI=1S/2C18H18O5.2C17H16O5.2C17H16O4/c2*1-20-12-6-4-11(5-7-12)14-10-17(19)23-16-9-13(21-2)8-15(22-3)18(14)16;2*1-20-12-7-14(21-2)17-13(9-16(19)22-15(17)8-12)10-3-5-11(18)6-4-10;2*1-19-12-5-3-11(4-6-12)15-10-17(18)21-16-9-13(20-2)7-8-14(15)16/h2*4-9,14H,10H2,1-3H3;2*3-8,13,18H,9H2,1-2H3;2*3-9,15H,10H2,1-2H3/t2*14-;2*13-;2*15-/m101010/s1. The van der Waals surface area contributed by atoms with Crippen molar-refractivity contribution in [1.82, 2.24) is 0 Å². The van der Waals surface area contributed by atoms with Crippen LogP contribution in [0.25, 0.3) is 0 Å². The van der Waals surface area contributed by atoms with Gasteiger partial charge in [0.15, 0.2) is 0 Å². The number of hydrogen-bond acceptors (Lipinski definition) is 28. The fourth-order valence-corrected chi connectivity index (χ4v) is 16.3. The summed E-state index contributed by atoms with van der Waals surface area (Å²) >= 11 is 0. The summed E-state index contributed by atoms with van der Waals surface area (Å²) in [6.45, 7) is 0. The second-order valence-electron chi connectivity index (χ2n) is 30.4. The van der Waals surface area contributed by atoms with Gasteiger partial charge in [-0.3, -0.25) is 28.8 Å². The zero-order valence-corrected chi connectivity index (χ0v) is 75.2. The van der Waals surface area contributed by atoms with Crippen LogP contribution in [0.4, 0.5) is 0 Å². The van der Waals surface area contributed by atoms with Crippen LogP contribution in [-0.2, 0) is 28.8 Å². The molecule has 18 rings (SSSR count). The molecule has 6 aliphatic heterocycles. The Bertz CT molecular complexity index is 5720. The van der Waals surface area contributed by atoms with Crippen molar-refractivity contribution in [3.63, 3.8) is 0 Å². The van der Waals surface area contributed by atoms with E-state index in [4.69, 9.17) is 94.7 Å². The summed E-state index contributed by atoms with van der Waals surface area (Å²) in [5.41, 5.74) is 11.3. The van der Waals surface area contributed by atoms with Gasteiger partial charge in [0, 0.05) is 130 Å². The molecule has 0 saturated heterocycles. The van der Waals surface area contributed by atoms with Gasteiger partial charge < -0.3 is 105 Å². The van der Waals surface area contributed by atoms with Crippen LogP contribution in [0.5, 0.6) is 126 Å². The third-order valence-corrected chi connectivity index (χ3v) is 23.0. The number of hydrogen-bond donors (Lipinski definition) is 2. The molecule has 0 radical (unpaired) electrons. The smallest absolute Gasteiger partial charge is 0.312 e. The third-order valence-electron chi connectivity index (χ3n) is 23.0. The van der Waals surface area contributed by atoms with Gasteiger partial charge >= 0.3 is 35.8 Å². The first-order chi connectivity index (χ1) is 64.0. The van der Waals surface area contributed by atoms with E-state index >= 15 is 0 Å². The van der Waals surface area contributed by atoms with E-state index in [1.807, 2.05) is 121 Å². The van der Waals surface area contributed by atoms with Gasteiger partial charge in [-0.2, -0.15) is 0 Å². The van der Waals surface area contributed by atoms with Crippen LogP contribution in [-0.4, -0.2) is 146 Å². The predicted octanol–water partition coefficient (Wildman–Crippen LogP) is 18.3. The molecule has 0 amide bonds. The SMILES string of the molecule is COc1cc(OC)c2c(c1)OC(=O)C[C@@H]2c1ccc(O)cc1.COc1cc(OC)c2c(c1)OC(=O)C[C@H]2c1ccc(O)cc1.COc1ccc([C@@H]2CC(=O)Oc3cc(OC)cc(OC)c32)cc1.COc1ccc([C@@H]2CC(=O)Oc3cc(OC)ccc32)cc1.COc1ccc([C@H]2CC(=O)Oc3cc(OC)cc(OC)c32)cc1.COc1ccc([C@H]2CC(=O)Oc3cc(OC)ccc32)cc1. The number of fused-ring (bicyclic) bond motifs is 6. The lowest BCUT2D eigenvalue weighted by Crippen LogP contribution is -2.21. The van der Waals surface area contributed by atoms with Gasteiger partial charge in [0.25, 0.3) is 0 Å². The molecule has 12 aromatic rings. The lowest BCUT2D eigenvalue weighted by Gasteiger charge is -2.27. The maximum Gasteiger partial charge on any atom is 0.312 e. The second-order valence-corrected chi connectivity index (χ2v) is 30.4. The topological polar surface area (TPSA) is 327 Å². The monoisotopic (exact) mass is 1800 g/mol. The quantitative estimate of drug-likeness (QED) is 0.0529. The van der Waals surface area contributed by atoms with Crippen molar-refractivity contribution in [1.29, 1.82) is 0 Å².